The molecule has 3 N–H and O–H groups in total. The molecule has 0 spiro atoms. The van der Waals surface area contributed by atoms with E-state index in [-0.39, 0.29) is 30.7 Å². The van der Waals surface area contributed by atoms with Gasteiger partial charge >= 0.3 is 11.7 Å². The lowest BCUT2D eigenvalue weighted by atomic mass is 10.00. The van der Waals surface area contributed by atoms with E-state index >= 15 is 0 Å². The smallest absolute Gasteiger partial charge is 0.345 e. The molecule has 1 amide bonds. The number of carboxylic acids is 1. The lowest BCUT2D eigenvalue weighted by Crippen LogP contribution is -2.40. The van der Waals surface area contributed by atoms with Gasteiger partial charge in [-0.3, -0.25) is 9.59 Å². The fourth-order valence-corrected chi connectivity index (χ4v) is 2.28. The molecule has 0 aliphatic heterocycles. The zero-order chi connectivity index (χ0) is 16.9. The van der Waals surface area contributed by atoms with Crippen LogP contribution in [0.1, 0.15) is 43.6 Å². The number of aromatic amines is 1. The molecule has 7 nitrogen and oxygen atoms in total. The first-order valence-corrected chi connectivity index (χ1v) is 7.28. The Hall–Kier alpha value is -2.18. The molecule has 0 fully saturated rings. The predicted octanol–water partition coefficient (Wildman–Crippen LogP) is 0.935. The summed E-state index contributed by atoms with van der Waals surface area (Å²) in [5.74, 6) is -1.10. The number of aliphatic carboxylic acids is 1. The van der Waals surface area contributed by atoms with Crippen LogP contribution in [0.5, 0.6) is 0 Å². The lowest BCUT2D eigenvalue weighted by molar-refractivity contribution is -0.138. The highest BCUT2D eigenvalue weighted by molar-refractivity contribution is 5.77. The van der Waals surface area contributed by atoms with E-state index in [1.807, 2.05) is 13.8 Å². The SMILES string of the molecule is Cc1nc(=O)[nH]c(C)c1CCC(=O)NC(CC(=O)O)C(C)C. The molecule has 1 heterocycles. The van der Waals surface area contributed by atoms with Crippen LogP contribution in [-0.4, -0.2) is 33.0 Å². The number of carboxylic acid groups (broad SMARTS) is 1. The van der Waals surface area contributed by atoms with Crippen LogP contribution in [0.4, 0.5) is 0 Å². The summed E-state index contributed by atoms with van der Waals surface area (Å²) >= 11 is 0. The third kappa shape index (κ3) is 5.31. The standard InChI is InChI=1S/C15H23N3O4/c1-8(2)12(7-14(20)21)18-13(19)6-5-11-9(3)16-15(22)17-10(11)4/h8,12H,5-7H2,1-4H3,(H,18,19)(H,20,21)(H,16,17,22). The van der Waals surface area contributed by atoms with Crippen molar-refractivity contribution in [3.8, 4) is 0 Å². The minimum Gasteiger partial charge on any atom is -0.481 e. The summed E-state index contributed by atoms with van der Waals surface area (Å²) in [7, 11) is 0. The first-order chi connectivity index (χ1) is 10.2. The fraction of sp³-hybridized carbons (Fsp3) is 0.600. The number of H-pyrrole nitrogens is 1. The van der Waals surface area contributed by atoms with Crippen molar-refractivity contribution in [2.45, 2.75) is 53.0 Å². The number of amides is 1. The summed E-state index contributed by atoms with van der Waals surface area (Å²) < 4.78 is 0. The van der Waals surface area contributed by atoms with E-state index in [0.29, 0.717) is 17.8 Å². The largest absolute Gasteiger partial charge is 0.481 e. The topological polar surface area (TPSA) is 112 Å². The second-order valence-electron chi connectivity index (χ2n) is 5.75. The molecule has 0 bridgehead atoms. The van der Waals surface area contributed by atoms with E-state index < -0.39 is 11.7 Å². The van der Waals surface area contributed by atoms with Crippen molar-refractivity contribution in [2.24, 2.45) is 5.92 Å². The van der Waals surface area contributed by atoms with Gasteiger partial charge in [-0.15, -0.1) is 0 Å². The summed E-state index contributed by atoms with van der Waals surface area (Å²) in [4.78, 5) is 40.5. The van der Waals surface area contributed by atoms with Gasteiger partial charge in [-0.05, 0) is 31.7 Å². The average Bonchev–Trinajstić information content (AvgIpc) is 2.35. The summed E-state index contributed by atoms with van der Waals surface area (Å²) in [6, 6.07) is -0.388. The molecule has 1 aromatic rings. The maximum atomic E-state index is 12.0. The van der Waals surface area contributed by atoms with Crippen LogP contribution in [0.3, 0.4) is 0 Å². The molecule has 0 aromatic carbocycles. The Morgan fingerprint density at radius 2 is 1.95 bits per heavy atom. The third-order valence-electron chi connectivity index (χ3n) is 3.60. The molecule has 1 aromatic heterocycles. The number of carbonyl (C=O) groups excluding carboxylic acids is 1. The predicted molar refractivity (Wildman–Crippen MR) is 81.7 cm³/mol. The Kier molecular flexibility index (Phi) is 6.27. The molecular weight excluding hydrogens is 286 g/mol. The van der Waals surface area contributed by atoms with E-state index in [0.717, 1.165) is 5.56 Å². The van der Waals surface area contributed by atoms with Gasteiger partial charge in [0.25, 0.3) is 0 Å². The van der Waals surface area contributed by atoms with Crippen LogP contribution < -0.4 is 11.0 Å². The Balaban J connectivity index is 2.66. The highest BCUT2D eigenvalue weighted by Crippen LogP contribution is 2.11. The zero-order valence-corrected chi connectivity index (χ0v) is 13.4. The van der Waals surface area contributed by atoms with Crippen molar-refractivity contribution in [3.63, 3.8) is 0 Å². The molecule has 7 heteroatoms. The monoisotopic (exact) mass is 309 g/mol. The summed E-state index contributed by atoms with van der Waals surface area (Å²) in [6.45, 7) is 7.24. The van der Waals surface area contributed by atoms with Crippen LogP contribution in [0, 0.1) is 19.8 Å². The van der Waals surface area contributed by atoms with Gasteiger partial charge in [0.15, 0.2) is 0 Å². The minimum absolute atomic E-state index is 0.0401. The lowest BCUT2D eigenvalue weighted by Gasteiger charge is -2.20. The Morgan fingerprint density at radius 3 is 2.45 bits per heavy atom. The molecule has 122 valence electrons. The minimum atomic E-state index is -0.935. The number of rotatable bonds is 7. The summed E-state index contributed by atoms with van der Waals surface area (Å²) in [5.41, 5.74) is 1.76. The zero-order valence-electron chi connectivity index (χ0n) is 13.4. The number of aryl methyl sites for hydroxylation is 2. The molecule has 1 rings (SSSR count). The van der Waals surface area contributed by atoms with Crippen LogP contribution in [0.25, 0.3) is 0 Å². The first-order valence-electron chi connectivity index (χ1n) is 7.28. The van der Waals surface area contributed by atoms with E-state index in [4.69, 9.17) is 5.11 Å². The molecule has 0 radical (unpaired) electrons. The molecule has 0 aliphatic rings. The van der Waals surface area contributed by atoms with Crippen LogP contribution in [0.15, 0.2) is 4.79 Å². The Bertz CT molecular complexity index is 581. The van der Waals surface area contributed by atoms with E-state index in [1.54, 1.807) is 13.8 Å². The van der Waals surface area contributed by atoms with Crippen molar-refractivity contribution < 1.29 is 14.7 Å². The molecule has 1 unspecified atom stereocenters. The quantitative estimate of drug-likeness (QED) is 0.694. The number of nitrogens with one attached hydrogen (secondary N) is 2. The van der Waals surface area contributed by atoms with Gasteiger partial charge in [-0.1, -0.05) is 13.8 Å². The molecule has 0 saturated heterocycles. The normalized spacial score (nSPS) is 12.2. The van der Waals surface area contributed by atoms with Gasteiger partial charge in [0.2, 0.25) is 5.91 Å². The Labute approximate surface area is 129 Å². The number of aromatic nitrogens is 2. The van der Waals surface area contributed by atoms with E-state index in [2.05, 4.69) is 15.3 Å². The number of hydrogen-bond donors (Lipinski definition) is 3. The number of carbonyl (C=O) groups is 2. The summed E-state index contributed by atoms with van der Waals surface area (Å²) in [5, 5.41) is 11.6. The number of nitrogens with zero attached hydrogens (tertiary/aromatic N) is 1. The first kappa shape index (κ1) is 17.9. The summed E-state index contributed by atoms with van der Waals surface area (Å²) in [6.07, 6.45) is 0.574. The van der Waals surface area contributed by atoms with Crippen molar-refractivity contribution in [2.75, 3.05) is 0 Å². The highest BCUT2D eigenvalue weighted by atomic mass is 16.4. The van der Waals surface area contributed by atoms with Gasteiger partial charge in [0, 0.05) is 23.9 Å². The number of hydrogen-bond acceptors (Lipinski definition) is 4. The fourth-order valence-electron chi connectivity index (χ4n) is 2.28. The van der Waals surface area contributed by atoms with Crippen molar-refractivity contribution in [1.29, 1.82) is 0 Å². The van der Waals surface area contributed by atoms with Gasteiger partial charge in [0.05, 0.1) is 6.42 Å². The van der Waals surface area contributed by atoms with Crippen LogP contribution >= 0.6 is 0 Å². The van der Waals surface area contributed by atoms with Crippen molar-refractivity contribution in [1.82, 2.24) is 15.3 Å². The molecule has 0 aliphatic carbocycles. The average molecular weight is 309 g/mol. The second kappa shape index (κ2) is 7.72. The molecular formula is C15H23N3O4. The van der Waals surface area contributed by atoms with Crippen molar-refractivity contribution >= 4 is 11.9 Å². The van der Waals surface area contributed by atoms with Gasteiger partial charge in [-0.2, -0.15) is 4.98 Å². The highest BCUT2D eigenvalue weighted by Gasteiger charge is 2.19. The van der Waals surface area contributed by atoms with Crippen LogP contribution in [0.2, 0.25) is 0 Å². The molecule has 1 atom stereocenters. The maximum absolute atomic E-state index is 12.0. The van der Waals surface area contributed by atoms with Gasteiger partial charge < -0.3 is 15.4 Å². The van der Waals surface area contributed by atoms with Crippen LogP contribution in [-0.2, 0) is 16.0 Å². The van der Waals surface area contributed by atoms with Crippen molar-refractivity contribution in [3.05, 3.63) is 27.4 Å². The third-order valence-corrected chi connectivity index (χ3v) is 3.60. The molecule has 0 saturated carbocycles. The van der Waals surface area contributed by atoms with Gasteiger partial charge in [0.1, 0.15) is 0 Å². The molecule has 22 heavy (non-hydrogen) atoms. The Morgan fingerprint density at radius 1 is 1.32 bits per heavy atom. The van der Waals surface area contributed by atoms with E-state index in [9.17, 15) is 14.4 Å². The maximum Gasteiger partial charge on any atom is 0.345 e. The van der Waals surface area contributed by atoms with E-state index in [1.165, 1.54) is 0 Å². The van der Waals surface area contributed by atoms with Gasteiger partial charge in [-0.25, -0.2) is 4.79 Å². The second-order valence-corrected chi connectivity index (χ2v) is 5.75.